The van der Waals surface area contributed by atoms with Crippen molar-refractivity contribution in [2.45, 2.75) is 40.7 Å². The fraction of sp³-hybridized carbons (Fsp3) is 0.321. The van der Waals surface area contributed by atoms with Gasteiger partial charge < -0.3 is 23.9 Å². The average molecular weight is 505 g/mol. The number of nitrogens with one attached hydrogen (secondary N) is 1. The van der Waals surface area contributed by atoms with E-state index in [9.17, 15) is 4.79 Å². The number of aromatic nitrogens is 3. The number of oxazole rings is 1. The van der Waals surface area contributed by atoms with E-state index >= 15 is 0 Å². The van der Waals surface area contributed by atoms with Gasteiger partial charge in [-0.3, -0.25) is 9.48 Å². The van der Waals surface area contributed by atoms with Crippen molar-refractivity contribution in [1.29, 1.82) is 0 Å². The molecule has 0 spiro atoms. The molecule has 0 saturated carbocycles. The molecule has 1 amide bonds. The van der Waals surface area contributed by atoms with E-state index in [0.717, 1.165) is 39.5 Å². The van der Waals surface area contributed by atoms with Gasteiger partial charge in [0.25, 0.3) is 0 Å². The minimum atomic E-state index is -0.231. The van der Waals surface area contributed by atoms with Crippen molar-refractivity contribution in [2.75, 3.05) is 26.6 Å². The Hall–Kier alpha value is -4.27. The monoisotopic (exact) mass is 504 g/mol. The van der Waals surface area contributed by atoms with E-state index in [1.165, 1.54) is 21.3 Å². The third-order valence-electron chi connectivity index (χ3n) is 6.39. The molecule has 0 atom stereocenters. The number of carbonyl (C=O) groups is 1. The Labute approximate surface area is 216 Å². The summed E-state index contributed by atoms with van der Waals surface area (Å²) in [4.78, 5) is 17.7. The smallest absolute Gasteiger partial charge is 0.246 e. The number of hydrogen-bond acceptors (Lipinski definition) is 7. The third-order valence-corrected chi connectivity index (χ3v) is 6.39. The van der Waals surface area contributed by atoms with Gasteiger partial charge in [0.05, 0.1) is 32.7 Å². The summed E-state index contributed by atoms with van der Waals surface area (Å²) >= 11 is 0. The van der Waals surface area contributed by atoms with Crippen molar-refractivity contribution in [3.05, 3.63) is 70.4 Å². The maximum atomic E-state index is 12.9. The lowest BCUT2D eigenvalue weighted by Gasteiger charge is -2.14. The van der Waals surface area contributed by atoms with Crippen molar-refractivity contribution in [3.8, 4) is 28.7 Å². The predicted molar refractivity (Wildman–Crippen MR) is 141 cm³/mol. The molecule has 9 heteroatoms. The SMILES string of the molecule is COc1cc(NC(=O)Cn2nc(C)c(Cc3nc(-c4ccccc4C)oc3C)c2C)cc(OC)c1OC. The number of methoxy groups -OCH3 is 3. The number of amides is 1. The fourth-order valence-corrected chi connectivity index (χ4v) is 4.32. The van der Waals surface area contributed by atoms with E-state index < -0.39 is 0 Å². The van der Waals surface area contributed by atoms with Crippen LogP contribution in [-0.4, -0.2) is 42.0 Å². The lowest BCUT2D eigenvalue weighted by atomic mass is 10.1. The molecule has 194 valence electrons. The van der Waals surface area contributed by atoms with E-state index in [0.29, 0.717) is 35.2 Å². The van der Waals surface area contributed by atoms with Crippen molar-refractivity contribution >= 4 is 11.6 Å². The van der Waals surface area contributed by atoms with Crippen LogP contribution in [-0.2, 0) is 17.8 Å². The van der Waals surface area contributed by atoms with Crippen LogP contribution in [0.5, 0.6) is 17.2 Å². The maximum absolute atomic E-state index is 12.9. The van der Waals surface area contributed by atoms with Crippen LogP contribution in [0.3, 0.4) is 0 Å². The zero-order valence-corrected chi connectivity index (χ0v) is 22.3. The lowest BCUT2D eigenvalue weighted by Crippen LogP contribution is -2.20. The van der Waals surface area contributed by atoms with E-state index in [2.05, 4.69) is 10.4 Å². The third kappa shape index (κ3) is 5.30. The van der Waals surface area contributed by atoms with Crippen LogP contribution >= 0.6 is 0 Å². The molecule has 2 aromatic heterocycles. The van der Waals surface area contributed by atoms with E-state index in [1.54, 1.807) is 16.8 Å². The topological polar surface area (TPSA) is 101 Å². The Morgan fingerprint density at radius 2 is 1.68 bits per heavy atom. The molecule has 0 aliphatic heterocycles. The minimum Gasteiger partial charge on any atom is -0.493 e. The number of anilines is 1. The highest BCUT2D eigenvalue weighted by atomic mass is 16.5. The second kappa shape index (κ2) is 10.8. The van der Waals surface area contributed by atoms with E-state index in [4.69, 9.17) is 23.6 Å². The summed E-state index contributed by atoms with van der Waals surface area (Å²) in [6, 6.07) is 11.4. The molecular weight excluding hydrogens is 472 g/mol. The van der Waals surface area contributed by atoms with Crippen molar-refractivity contribution in [3.63, 3.8) is 0 Å². The van der Waals surface area contributed by atoms with E-state index in [-0.39, 0.29) is 12.5 Å². The Morgan fingerprint density at radius 1 is 1.00 bits per heavy atom. The number of rotatable bonds is 9. The van der Waals surface area contributed by atoms with Crippen LogP contribution in [0.15, 0.2) is 40.8 Å². The van der Waals surface area contributed by atoms with Crippen LogP contribution in [0.1, 0.15) is 34.0 Å². The molecule has 0 aliphatic carbocycles. The Bertz CT molecular complexity index is 1410. The van der Waals surface area contributed by atoms with Gasteiger partial charge in [-0.25, -0.2) is 4.98 Å². The molecule has 9 nitrogen and oxygen atoms in total. The van der Waals surface area contributed by atoms with Crippen molar-refractivity contribution in [2.24, 2.45) is 0 Å². The average Bonchev–Trinajstić information content (AvgIpc) is 3.37. The Kier molecular flexibility index (Phi) is 7.52. The lowest BCUT2D eigenvalue weighted by molar-refractivity contribution is -0.116. The van der Waals surface area contributed by atoms with Gasteiger partial charge in [-0.05, 0) is 39.3 Å². The first-order chi connectivity index (χ1) is 17.7. The first-order valence-electron chi connectivity index (χ1n) is 11.9. The second-order valence-corrected chi connectivity index (χ2v) is 8.78. The molecule has 2 heterocycles. The summed E-state index contributed by atoms with van der Waals surface area (Å²) in [5.74, 6) is 2.52. The van der Waals surface area contributed by atoms with Crippen LogP contribution in [0.25, 0.3) is 11.5 Å². The summed E-state index contributed by atoms with van der Waals surface area (Å²) in [6.45, 7) is 7.91. The van der Waals surface area contributed by atoms with Gasteiger partial charge in [-0.2, -0.15) is 5.10 Å². The molecule has 37 heavy (non-hydrogen) atoms. The first-order valence-corrected chi connectivity index (χ1v) is 11.9. The minimum absolute atomic E-state index is 0.0512. The normalized spacial score (nSPS) is 10.9. The summed E-state index contributed by atoms with van der Waals surface area (Å²) in [6.07, 6.45) is 0.563. The predicted octanol–water partition coefficient (Wildman–Crippen LogP) is 5.03. The molecule has 4 aromatic rings. The number of aryl methyl sites for hydroxylation is 3. The Balaban J connectivity index is 1.52. The quantitative estimate of drug-likeness (QED) is 0.341. The summed E-state index contributed by atoms with van der Waals surface area (Å²) in [5.41, 5.74) is 6.23. The van der Waals surface area contributed by atoms with Crippen LogP contribution in [0.4, 0.5) is 5.69 Å². The first kappa shape index (κ1) is 25.8. The zero-order chi connectivity index (χ0) is 26.7. The number of nitrogens with zero attached hydrogens (tertiary/aromatic N) is 3. The summed E-state index contributed by atoms with van der Waals surface area (Å²) in [5, 5.41) is 7.51. The van der Waals surface area contributed by atoms with Gasteiger partial charge in [-0.15, -0.1) is 0 Å². The molecular formula is C28H32N4O5. The van der Waals surface area contributed by atoms with Gasteiger partial charge in [0.1, 0.15) is 12.3 Å². The highest BCUT2D eigenvalue weighted by molar-refractivity contribution is 5.91. The molecule has 2 aromatic carbocycles. The van der Waals surface area contributed by atoms with Crippen LogP contribution in [0.2, 0.25) is 0 Å². The highest BCUT2D eigenvalue weighted by Crippen LogP contribution is 2.40. The second-order valence-electron chi connectivity index (χ2n) is 8.78. The molecule has 1 N–H and O–H groups in total. The largest absolute Gasteiger partial charge is 0.493 e. The van der Waals surface area contributed by atoms with E-state index in [1.807, 2.05) is 52.0 Å². The van der Waals surface area contributed by atoms with Crippen LogP contribution in [0, 0.1) is 27.7 Å². The van der Waals surface area contributed by atoms with Crippen molar-refractivity contribution < 1.29 is 23.4 Å². The summed E-state index contributed by atoms with van der Waals surface area (Å²) in [7, 11) is 4.59. The van der Waals surface area contributed by atoms with Crippen LogP contribution < -0.4 is 19.5 Å². The molecule has 0 fully saturated rings. The van der Waals surface area contributed by atoms with Gasteiger partial charge in [0.2, 0.25) is 17.5 Å². The Morgan fingerprint density at radius 3 is 2.30 bits per heavy atom. The number of carbonyl (C=O) groups excluding carboxylic acids is 1. The number of benzene rings is 2. The number of ether oxygens (including phenoxy) is 3. The standard InChI is InChI=1S/C28H32N4O5/c1-16-10-8-9-11-21(16)28-30-23(19(4)37-28)14-22-17(2)31-32(18(22)3)15-26(33)29-20-12-24(34-5)27(36-7)25(13-20)35-6/h8-13H,14-15H2,1-7H3,(H,29,33). The van der Waals surface area contributed by atoms with Gasteiger partial charge in [0.15, 0.2) is 11.5 Å². The fourth-order valence-electron chi connectivity index (χ4n) is 4.32. The molecule has 0 radical (unpaired) electrons. The highest BCUT2D eigenvalue weighted by Gasteiger charge is 2.20. The maximum Gasteiger partial charge on any atom is 0.246 e. The summed E-state index contributed by atoms with van der Waals surface area (Å²) < 4.78 is 23.8. The molecule has 0 saturated heterocycles. The molecule has 4 rings (SSSR count). The van der Waals surface area contributed by atoms with Gasteiger partial charge in [-0.1, -0.05) is 18.2 Å². The zero-order valence-electron chi connectivity index (χ0n) is 22.3. The van der Waals surface area contributed by atoms with Gasteiger partial charge in [0, 0.05) is 41.1 Å². The van der Waals surface area contributed by atoms with Gasteiger partial charge >= 0.3 is 0 Å². The molecule has 0 aliphatic rings. The number of hydrogen-bond donors (Lipinski definition) is 1. The molecule has 0 bridgehead atoms. The molecule has 0 unspecified atom stereocenters. The van der Waals surface area contributed by atoms with Crippen molar-refractivity contribution in [1.82, 2.24) is 14.8 Å².